The molecular weight excluding hydrogens is 474 g/mol. The Balaban J connectivity index is 1.65. The normalized spacial score (nSPS) is 11.7. The van der Waals surface area contributed by atoms with Gasteiger partial charge in [0.2, 0.25) is 5.82 Å². The molecule has 2 heterocycles. The second kappa shape index (κ2) is 10.2. The molecular formula is C22H23F4N5O4. The largest absolute Gasteiger partial charge is 0.416 e. The number of nitrogens with zero attached hydrogens (tertiary/aromatic N) is 2. The standard InChI is InChI=1S/C22H23F4N5O4/c1-12(2)10-30-16-5-4-14(22(24,25)26)8-13(16)9-17(30)19(33)27-6-3-7-28-20(34)31-11-15(23)18(32)29-21(31)35/h4-5,8-9,11-12H,3,6-7,10H2,1-2H3,(H,27,33)(H,28,34)(H,29,32,35). The summed E-state index contributed by atoms with van der Waals surface area (Å²) in [5, 5.41) is 5.29. The third-order valence-corrected chi connectivity index (χ3v) is 5.04. The maximum absolute atomic E-state index is 13.3. The Labute approximate surface area is 195 Å². The first kappa shape index (κ1) is 25.7. The van der Waals surface area contributed by atoms with E-state index in [4.69, 9.17) is 0 Å². The molecule has 1 aromatic carbocycles. The molecule has 2 aromatic heterocycles. The van der Waals surface area contributed by atoms with E-state index < -0.39 is 40.7 Å². The predicted molar refractivity (Wildman–Crippen MR) is 119 cm³/mol. The summed E-state index contributed by atoms with van der Waals surface area (Å²) in [6.07, 6.45) is -3.80. The van der Waals surface area contributed by atoms with E-state index in [1.54, 1.807) is 9.55 Å². The second-order valence-corrected chi connectivity index (χ2v) is 8.25. The van der Waals surface area contributed by atoms with Gasteiger partial charge in [-0.3, -0.25) is 14.6 Å². The van der Waals surface area contributed by atoms with Crippen LogP contribution in [0.5, 0.6) is 0 Å². The van der Waals surface area contributed by atoms with Crippen molar-refractivity contribution in [2.45, 2.75) is 33.0 Å². The third kappa shape index (κ3) is 5.97. The van der Waals surface area contributed by atoms with Gasteiger partial charge in [-0.25, -0.2) is 14.2 Å². The van der Waals surface area contributed by atoms with Gasteiger partial charge >= 0.3 is 17.9 Å². The molecule has 0 bridgehead atoms. The number of benzene rings is 1. The number of carbonyl (C=O) groups is 2. The molecule has 3 rings (SSSR count). The molecule has 9 nitrogen and oxygen atoms in total. The third-order valence-electron chi connectivity index (χ3n) is 5.04. The smallest absolute Gasteiger partial charge is 0.351 e. The molecule has 0 atom stereocenters. The van der Waals surface area contributed by atoms with Gasteiger partial charge in [0.1, 0.15) is 5.69 Å². The lowest BCUT2D eigenvalue weighted by Crippen LogP contribution is -2.41. The van der Waals surface area contributed by atoms with Crippen molar-refractivity contribution >= 4 is 22.8 Å². The minimum atomic E-state index is -4.51. The SMILES string of the molecule is CC(C)Cn1c(C(=O)NCCCNC(=O)n2cc(F)c(=O)[nH]c2=O)cc2cc(C(F)(F)F)ccc21. The minimum absolute atomic E-state index is 0.0101. The van der Waals surface area contributed by atoms with Crippen molar-refractivity contribution in [3.05, 3.63) is 68.4 Å². The quantitative estimate of drug-likeness (QED) is 0.344. The molecule has 0 spiro atoms. The van der Waals surface area contributed by atoms with E-state index in [0.717, 1.165) is 12.1 Å². The van der Waals surface area contributed by atoms with Crippen LogP contribution < -0.4 is 21.9 Å². The lowest BCUT2D eigenvalue weighted by atomic mass is 10.1. The average Bonchev–Trinajstić information content (AvgIpc) is 3.12. The fourth-order valence-corrected chi connectivity index (χ4v) is 3.46. The van der Waals surface area contributed by atoms with Gasteiger partial charge in [-0.2, -0.15) is 17.6 Å². The molecule has 0 fully saturated rings. The number of aromatic amines is 1. The first-order valence-electron chi connectivity index (χ1n) is 10.7. The van der Waals surface area contributed by atoms with Crippen molar-refractivity contribution in [2.75, 3.05) is 13.1 Å². The Hall–Kier alpha value is -3.90. The molecule has 188 valence electrons. The molecule has 3 N–H and O–H groups in total. The van der Waals surface area contributed by atoms with Gasteiger partial charge < -0.3 is 15.2 Å². The number of hydrogen-bond acceptors (Lipinski definition) is 4. The van der Waals surface area contributed by atoms with Crippen LogP contribution >= 0.6 is 0 Å². The Morgan fingerprint density at radius 1 is 1.09 bits per heavy atom. The number of halogens is 4. The molecule has 0 aliphatic heterocycles. The van der Waals surface area contributed by atoms with Gasteiger partial charge in [0.15, 0.2) is 0 Å². The van der Waals surface area contributed by atoms with Crippen molar-refractivity contribution in [3.8, 4) is 0 Å². The fraction of sp³-hybridized carbons (Fsp3) is 0.364. The maximum atomic E-state index is 13.3. The van der Waals surface area contributed by atoms with Crippen LogP contribution in [0.3, 0.4) is 0 Å². The summed E-state index contributed by atoms with van der Waals surface area (Å²) >= 11 is 0. The lowest BCUT2D eigenvalue weighted by molar-refractivity contribution is -0.137. The number of aromatic nitrogens is 3. The Morgan fingerprint density at radius 2 is 1.77 bits per heavy atom. The van der Waals surface area contributed by atoms with Crippen LogP contribution in [0, 0.1) is 11.7 Å². The Bertz CT molecular complexity index is 1370. The zero-order valence-corrected chi connectivity index (χ0v) is 18.8. The summed E-state index contributed by atoms with van der Waals surface area (Å²) < 4.78 is 54.6. The highest BCUT2D eigenvalue weighted by Gasteiger charge is 2.31. The van der Waals surface area contributed by atoms with Crippen LogP contribution in [0.15, 0.2) is 40.1 Å². The van der Waals surface area contributed by atoms with Crippen LogP contribution in [-0.2, 0) is 12.7 Å². The minimum Gasteiger partial charge on any atom is -0.351 e. The second-order valence-electron chi connectivity index (χ2n) is 8.25. The van der Waals surface area contributed by atoms with Gasteiger partial charge in [-0.05, 0) is 36.6 Å². The molecule has 2 amide bonds. The molecule has 0 unspecified atom stereocenters. The summed E-state index contributed by atoms with van der Waals surface area (Å²) in [5.74, 6) is -1.68. The number of hydrogen-bond donors (Lipinski definition) is 3. The number of H-pyrrole nitrogens is 1. The molecule has 0 saturated heterocycles. The van der Waals surface area contributed by atoms with Crippen molar-refractivity contribution in [1.82, 2.24) is 24.8 Å². The first-order chi connectivity index (χ1) is 16.4. The van der Waals surface area contributed by atoms with E-state index in [2.05, 4.69) is 10.6 Å². The molecule has 13 heteroatoms. The van der Waals surface area contributed by atoms with Crippen LogP contribution in [0.4, 0.5) is 22.4 Å². The number of nitrogens with one attached hydrogen (secondary N) is 3. The molecule has 0 radical (unpaired) electrons. The molecule has 3 aromatic rings. The van der Waals surface area contributed by atoms with Crippen LogP contribution in [-0.4, -0.2) is 39.1 Å². The first-order valence-corrected chi connectivity index (χ1v) is 10.7. The summed E-state index contributed by atoms with van der Waals surface area (Å²) in [4.78, 5) is 49.0. The van der Waals surface area contributed by atoms with E-state index in [9.17, 15) is 36.7 Å². The van der Waals surface area contributed by atoms with E-state index in [1.165, 1.54) is 12.1 Å². The van der Waals surface area contributed by atoms with Gasteiger partial charge in [0, 0.05) is 30.5 Å². The summed E-state index contributed by atoms with van der Waals surface area (Å²) in [7, 11) is 0. The summed E-state index contributed by atoms with van der Waals surface area (Å²) in [6, 6.07) is 3.76. The predicted octanol–water partition coefficient (Wildman–Crippen LogP) is 2.68. The van der Waals surface area contributed by atoms with Crippen molar-refractivity contribution in [1.29, 1.82) is 0 Å². The average molecular weight is 497 g/mol. The van der Waals surface area contributed by atoms with E-state index in [1.807, 2.05) is 13.8 Å². The van der Waals surface area contributed by atoms with Crippen molar-refractivity contribution < 1.29 is 27.2 Å². The number of amides is 2. The fourth-order valence-electron chi connectivity index (χ4n) is 3.46. The van der Waals surface area contributed by atoms with Gasteiger partial charge in [0.05, 0.1) is 11.8 Å². The number of carbonyl (C=O) groups excluding carboxylic acids is 2. The van der Waals surface area contributed by atoms with Crippen molar-refractivity contribution in [2.24, 2.45) is 5.92 Å². The maximum Gasteiger partial charge on any atom is 0.416 e. The summed E-state index contributed by atoms with van der Waals surface area (Å²) in [5.41, 5.74) is -2.45. The molecule has 0 aliphatic rings. The number of alkyl halides is 3. The zero-order chi connectivity index (χ0) is 25.9. The highest BCUT2D eigenvalue weighted by atomic mass is 19.4. The topological polar surface area (TPSA) is 118 Å². The number of fused-ring (bicyclic) bond motifs is 1. The Morgan fingerprint density at radius 3 is 2.43 bits per heavy atom. The molecule has 0 aliphatic carbocycles. The lowest BCUT2D eigenvalue weighted by Gasteiger charge is -2.14. The van der Waals surface area contributed by atoms with Gasteiger partial charge in [-0.15, -0.1) is 0 Å². The van der Waals surface area contributed by atoms with E-state index in [0.29, 0.717) is 22.8 Å². The van der Waals surface area contributed by atoms with E-state index in [-0.39, 0.29) is 36.5 Å². The number of rotatable bonds is 7. The van der Waals surface area contributed by atoms with Gasteiger partial charge in [-0.1, -0.05) is 13.8 Å². The summed E-state index contributed by atoms with van der Waals surface area (Å²) in [6.45, 7) is 4.36. The van der Waals surface area contributed by atoms with Gasteiger partial charge in [0.25, 0.3) is 11.5 Å². The monoisotopic (exact) mass is 497 g/mol. The van der Waals surface area contributed by atoms with Crippen molar-refractivity contribution in [3.63, 3.8) is 0 Å². The van der Waals surface area contributed by atoms with Crippen LogP contribution in [0.1, 0.15) is 36.3 Å². The van der Waals surface area contributed by atoms with Crippen LogP contribution in [0.2, 0.25) is 0 Å². The highest BCUT2D eigenvalue weighted by molar-refractivity contribution is 5.99. The van der Waals surface area contributed by atoms with E-state index >= 15 is 0 Å². The van der Waals surface area contributed by atoms with Crippen LogP contribution in [0.25, 0.3) is 10.9 Å². The highest BCUT2D eigenvalue weighted by Crippen LogP contribution is 2.32. The Kier molecular flexibility index (Phi) is 7.46. The molecule has 35 heavy (non-hydrogen) atoms. The zero-order valence-electron chi connectivity index (χ0n) is 18.8. The molecule has 0 saturated carbocycles.